The van der Waals surface area contributed by atoms with Gasteiger partial charge in [0.25, 0.3) is 5.91 Å². The highest BCUT2D eigenvalue weighted by Gasteiger charge is 2.49. The largest absolute Gasteiger partial charge is 0.497 e. The third-order valence-electron chi connectivity index (χ3n) is 4.36. The van der Waals surface area contributed by atoms with E-state index >= 15 is 0 Å². The molecule has 0 unspecified atom stereocenters. The lowest BCUT2D eigenvalue weighted by Gasteiger charge is -2.24. The third kappa shape index (κ3) is 3.56. The number of methoxy groups -OCH3 is 1. The second kappa shape index (κ2) is 7.26. The SMILES string of the molecule is COc1cccc([C@@]2(C)NC(=O)N(CN(C)Cc3ccc(Cl)s3)C2=O)c1. The fourth-order valence-corrected chi connectivity index (χ4v) is 4.12. The second-order valence-electron chi connectivity index (χ2n) is 6.38. The molecule has 1 aromatic heterocycles. The zero-order valence-corrected chi connectivity index (χ0v) is 16.4. The van der Waals surface area contributed by atoms with E-state index in [1.54, 1.807) is 32.2 Å². The number of hydrogen-bond donors (Lipinski definition) is 1. The van der Waals surface area contributed by atoms with Gasteiger partial charge in [-0.3, -0.25) is 9.69 Å². The lowest BCUT2D eigenvalue weighted by atomic mass is 9.92. The minimum absolute atomic E-state index is 0.194. The van der Waals surface area contributed by atoms with Crippen LogP contribution >= 0.6 is 22.9 Å². The van der Waals surface area contributed by atoms with Crippen molar-refractivity contribution in [2.45, 2.75) is 19.0 Å². The summed E-state index contributed by atoms with van der Waals surface area (Å²) in [6, 6.07) is 10.5. The molecule has 3 rings (SSSR count). The zero-order valence-electron chi connectivity index (χ0n) is 14.8. The topological polar surface area (TPSA) is 61.9 Å². The molecule has 26 heavy (non-hydrogen) atoms. The predicted octanol–water partition coefficient (Wildman–Crippen LogP) is 3.27. The van der Waals surface area contributed by atoms with Gasteiger partial charge in [-0.25, -0.2) is 9.69 Å². The van der Waals surface area contributed by atoms with Gasteiger partial charge < -0.3 is 10.1 Å². The normalized spacial score (nSPS) is 20.0. The number of halogens is 1. The van der Waals surface area contributed by atoms with E-state index in [4.69, 9.17) is 16.3 Å². The van der Waals surface area contributed by atoms with E-state index in [1.807, 2.05) is 30.1 Å². The molecular formula is C18H20ClN3O3S. The Morgan fingerprint density at radius 1 is 1.31 bits per heavy atom. The van der Waals surface area contributed by atoms with Crippen LogP contribution in [0.1, 0.15) is 17.4 Å². The van der Waals surface area contributed by atoms with Crippen molar-refractivity contribution >= 4 is 34.9 Å². The van der Waals surface area contributed by atoms with Gasteiger partial charge in [0, 0.05) is 11.4 Å². The molecule has 2 heterocycles. The summed E-state index contributed by atoms with van der Waals surface area (Å²) < 4.78 is 5.94. The van der Waals surface area contributed by atoms with E-state index in [1.165, 1.54) is 16.2 Å². The van der Waals surface area contributed by atoms with E-state index in [9.17, 15) is 9.59 Å². The van der Waals surface area contributed by atoms with E-state index in [0.717, 1.165) is 4.88 Å². The smallest absolute Gasteiger partial charge is 0.326 e. The Kier molecular flexibility index (Phi) is 5.22. The second-order valence-corrected chi connectivity index (χ2v) is 8.18. The summed E-state index contributed by atoms with van der Waals surface area (Å²) in [5, 5.41) is 2.81. The quantitative estimate of drug-likeness (QED) is 0.765. The Balaban J connectivity index is 1.75. The Morgan fingerprint density at radius 3 is 2.73 bits per heavy atom. The predicted molar refractivity (Wildman–Crippen MR) is 101 cm³/mol. The Bertz CT molecular complexity index is 841. The van der Waals surface area contributed by atoms with Gasteiger partial charge in [0.15, 0.2) is 0 Å². The minimum Gasteiger partial charge on any atom is -0.497 e. The highest BCUT2D eigenvalue weighted by molar-refractivity contribution is 7.16. The molecule has 1 aliphatic rings. The van der Waals surface area contributed by atoms with E-state index < -0.39 is 11.6 Å². The number of nitrogens with zero attached hydrogens (tertiary/aromatic N) is 2. The molecule has 0 saturated carbocycles. The highest BCUT2D eigenvalue weighted by Crippen LogP contribution is 2.31. The summed E-state index contributed by atoms with van der Waals surface area (Å²) in [5.41, 5.74) is -0.427. The first kappa shape index (κ1) is 18.7. The highest BCUT2D eigenvalue weighted by atomic mass is 35.5. The standard InChI is InChI=1S/C18H20ClN3O3S/c1-18(12-5-4-6-13(9-12)25-3)16(23)22(17(24)20-18)11-21(2)10-14-7-8-15(19)26-14/h4-9H,10-11H2,1-3H3,(H,20,24)/t18-/m1/s1. The van der Waals surface area contributed by atoms with Crippen LogP contribution in [0.4, 0.5) is 4.79 Å². The Hall–Kier alpha value is -2.09. The summed E-state index contributed by atoms with van der Waals surface area (Å²) in [6.45, 7) is 2.51. The number of imide groups is 1. The first-order valence-corrected chi connectivity index (χ1v) is 9.24. The zero-order chi connectivity index (χ0) is 18.9. The van der Waals surface area contributed by atoms with Crippen LogP contribution in [0.25, 0.3) is 0 Å². The van der Waals surface area contributed by atoms with E-state index in [2.05, 4.69) is 5.32 Å². The molecular weight excluding hydrogens is 374 g/mol. The molecule has 1 N–H and O–H groups in total. The molecule has 3 amide bonds. The number of hydrogen-bond acceptors (Lipinski definition) is 5. The fourth-order valence-electron chi connectivity index (χ4n) is 2.95. The number of ether oxygens (including phenoxy) is 1. The first-order chi connectivity index (χ1) is 12.3. The van der Waals surface area contributed by atoms with Crippen molar-refractivity contribution < 1.29 is 14.3 Å². The molecule has 8 heteroatoms. The number of nitrogens with one attached hydrogen (secondary N) is 1. The molecule has 0 spiro atoms. The van der Waals surface area contributed by atoms with Crippen LogP contribution in [0.5, 0.6) is 5.75 Å². The van der Waals surface area contributed by atoms with Crippen molar-refractivity contribution in [2.75, 3.05) is 20.8 Å². The summed E-state index contributed by atoms with van der Waals surface area (Å²) in [4.78, 5) is 29.6. The van der Waals surface area contributed by atoms with Crippen molar-refractivity contribution in [3.05, 3.63) is 51.2 Å². The number of benzene rings is 1. The van der Waals surface area contributed by atoms with Gasteiger partial charge in [-0.15, -0.1) is 11.3 Å². The van der Waals surface area contributed by atoms with Gasteiger partial charge in [-0.05, 0) is 43.8 Å². The summed E-state index contributed by atoms with van der Waals surface area (Å²) in [6.07, 6.45) is 0. The van der Waals surface area contributed by atoms with Crippen LogP contribution in [0.3, 0.4) is 0 Å². The molecule has 1 aliphatic heterocycles. The summed E-state index contributed by atoms with van der Waals surface area (Å²) in [7, 11) is 3.42. The summed E-state index contributed by atoms with van der Waals surface area (Å²) >= 11 is 7.43. The molecule has 1 saturated heterocycles. The Morgan fingerprint density at radius 2 is 2.08 bits per heavy atom. The van der Waals surface area contributed by atoms with Crippen LogP contribution < -0.4 is 10.1 Å². The number of carbonyl (C=O) groups excluding carboxylic acids is 2. The number of rotatable bonds is 6. The molecule has 2 aromatic rings. The van der Waals surface area contributed by atoms with Gasteiger partial charge in [0.1, 0.15) is 11.3 Å². The molecule has 1 aromatic carbocycles. The fraction of sp³-hybridized carbons (Fsp3) is 0.333. The maximum Gasteiger partial charge on any atom is 0.326 e. The average molecular weight is 394 g/mol. The number of carbonyl (C=O) groups is 2. The molecule has 0 radical (unpaired) electrons. The van der Waals surface area contributed by atoms with Crippen molar-refractivity contribution in [1.82, 2.24) is 15.1 Å². The molecule has 1 atom stereocenters. The molecule has 6 nitrogen and oxygen atoms in total. The van der Waals surface area contributed by atoms with Crippen molar-refractivity contribution in [3.8, 4) is 5.75 Å². The van der Waals surface area contributed by atoms with Gasteiger partial charge in [-0.1, -0.05) is 23.7 Å². The molecule has 0 bridgehead atoms. The summed E-state index contributed by atoms with van der Waals surface area (Å²) in [5.74, 6) is 0.350. The van der Waals surface area contributed by atoms with Gasteiger partial charge in [0.05, 0.1) is 18.1 Å². The monoisotopic (exact) mass is 393 g/mol. The van der Waals surface area contributed by atoms with Gasteiger partial charge in [-0.2, -0.15) is 0 Å². The maximum absolute atomic E-state index is 13.0. The van der Waals surface area contributed by atoms with Crippen LogP contribution in [-0.4, -0.2) is 42.6 Å². The number of amides is 3. The third-order valence-corrected chi connectivity index (χ3v) is 5.58. The molecule has 0 aliphatic carbocycles. The number of thiophene rings is 1. The van der Waals surface area contributed by atoms with Crippen LogP contribution in [0, 0.1) is 0 Å². The van der Waals surface area contributed by atoms with Crippen molar-refractivity contribution in [2.24, 2.45) is 0 Å². The minimum atomic E-state index is -1.11. The van der Waals surface area contributed by atoms with Gasteiger partial charge >= 0.3 is 6.03 Å². The number of urea groups is 1. The molecule has 138 valence electrons. The van der Waals surface area contributed by atoms with Crippen LogP contribution in [-0.2, 0) is 16.9 Å². The van der Waals surface area contributed by atoms with E-state index in [-0.39, 0.29) is 12.6 Å². The lowest BCUT2D eigenvalue weighted by Crippen LogP contribution is -2.42. The van der Waals surface area contributed by atoms with Gasteiger partial charge in [0.2, 0.25) is 0 Å². The lowest BCUT2D eigenvalue weighted by molar-refractivity contribution is -0.132. The van der Waals surface area contributed by atoms with Crippen molar-refractivity contribution in [3.63, 3.8) is 0 Å². The average Bonchev–Trinajstić information content (AvgIpc) is 3.11. The first-order valence-electron chi connectivity index (χ1n) is 8.05. The van der Waals surface area contributed by atoms with Crippen LogP contribution in [0.15, 0.2) is 36.4 Å². The molecule has 1 fully saturated rings. The van der Waals surface area contributed by atoms with Crippen LogP contribution in [0.2, 0.25) is 4.34 Å². The van der Waals surface area contributed by atoms with E-state index in [0.29, 0.717) is 22.2 Å². The Labute approximate surface area is 161 Å². The maximum atomic E-state index is 13.0. The van der Waals surface area contributed by atoms with Crippen molar-refractivity contribution in [1.29, 1.82) is 0 Å².